The molecule has 1 heterocycles. The van der Waals surface area contributed by atoms with E-state index in [9.17, 15) is 32.3 Å². The maximum atomic E-state index is 13.5. The van der Waals surface area contributed by atoms with E-state index in [1.807, 2.05) is 0 Å². The van der Waals surface area contributed by atoms with Crippen LogP contribution < -0.4 is 10.1 Å². The number of likely N-dealkylation sites (N-methyl/N-ethyl adjacent to an activating group) is 1. The number of benzene rings is 4. The van der Waals surface area contributed by atoms with E-state index >= 15 is 0 Å². The molecule has 0 unspecified atom stereocenters. The minimum atomic E-state index is -4.49. The summed E-state index contributed by atoms with van der Waals surface area (Å²) in [5.74, 6) is -0.898. The largest absolute Gasteiger partial charge is 0.427 e. The summed E-state index contributed by atoms with van der Waals surface area (Å²) in [6.07, 6.45) is -3.55. The van der Waals surface area contributed by atoms with Crippen molar-refractivity contribution in [3.8, 4) is 28.3 Å². The van der Waals surface area contributed by atoms with Crippen LogP contribution in [-0.2, 0) is 28.7 Å². The van der Waals surface area contributed by atoms with Crippen molar-refractivity contribution < 1.29 is 37.1 Å². The molecule has 0 aliphatic rings. The molecule has 15 heteroatoms. The van der Waals surface area contributed by atoms with Crippen LogP contribution in [0.25, 0.3) is 22.5 Å². The number of alkyl halides is 3. The second-order valence-electron chi connectivity index (χ2n) is 12.4. The molecule has 0 fully saturated rings. The molecule has 0 aliphatic heterocycles. The molecule has 0 spiro atoms. The maximum absolute atomic E-state index is 13.5. The first-order valence-corrected chi connectivity index (χ1v) is 16.4. The third-order valence-corrected chi connectivity index (χ3v) is 8.08. The van der Waals surface area contributed by atoms with E-state index in [-0.39, 0.29) is 41.6 Å². The fourth-order valence-electron chi connectivity index (χ4n) is 5.21. The first-order chi connectivity index (χ1) is 25.2. The lowest BCUT2D eigenvalue weighted by atomic mass is 9.97. The van der Waals surface area contributed by atoms with Crippen LogP contribution in [0.2, 0.25) is 0 Å². The van der Waals surface area contributed by atoms with Gasteiger partial charge in [-0.25, -0.2) is 0 Å². The lowest BCUT2D eigenvalue weighted by molar-refractivity contribution is -0.137. The summed E-state index contributed by atoms with van der Waals surface area (Å²) in [5.41, 5.74) is 2.12. The van der Waals surface area contributed by atoms with E-state index in [0.717, 1.165) is 17.7 Å². The Morgan fingerprint density at radius 3 is 2.15 bits per heavy atom. The molecule has 0 bridgehead atoms. The van der Waals surface area contributed by atoms with Gasteiger partial charge in [-0.2, -0.15) is 18.0 Å². The molecule has 1 N–H and O–H groups in total. The van der Waals surface area contributed by atoms with Crippen LogP contribution in [0, 0.1) is 0 Å². The average Bonchev–Trinajstić information content (AvgIpc) is 3.60. The third kappa shape index (κ3) is 9.70. The number of hydrogen-bond acceptors (Lipinski definition) is 8. The number of nitrogens with one attached hydrogen (secondary N) is 1. The Bertz CT molecular complexity index is 2110. The number of ether oxygens (including phenoxy) is 1. The van der Waals surface area contributed by atoms with E-state index in [0.29, 0.717) is 41.1 Å². The van der Waals surface area contributed by atoms with E-state index in [1.54, 1.807) is 94.9 Å². The Morgan fingerprint density at radius 2 is 1.49 bits per heavy atom. The Kier molecular flexibility index (Phi) is 11.7. The SMILES string of the molecule is CN(C)C(=O)Cn1nnc(-c2ccc(OC(=O)CCCc3ccc(NC(=O)c4ccccc4-c4ccc(C(F)(F)F)cc4)c(C(=O)N(C)C)c3)cc2)n1. The van der Waals surface area contributed by atoms with Gasteiger partial charge in [-0.15, -0.1) is 10.2 Å². The molecule has 0 saturated heterocycles. The molecule has 1 aromatic heterocycles. The van der Waals surface area contributed by atoms with E-state index in [1.165, 1.54) is 26.7 Å². The van der Waals surface area contributed by atoms with Gasteiger partial charge in [-0.1, -0.05) is 36.4 Å². The standard InChI is InChI=1S/C38H36F3N7O5/c1-46(2)33(49)23-48-44-35(43-45-48)26-15-19-28(20-16-26)53-34(50)11-7-8-24-12-21-32(31(22-24)37(52)47(3)4)42-36(51)30-10-6-5-9-29(30)25-13-17-27(18-14-25)38(39,40)41/h5-6,9-10,12-22H,7-8,11,23H2,1-4H3,(H,42,51). The van der Waals surface area contributed by atoms with Crippen LogP contribution in [0.5, 0.6) is 5.75 Å². The summed E-state index contributed by atoms with van der Waals surface area (Å²) in [6, 6.07) is 22.6. The smallest absolute Gasteiger partial charge is 0.416 e. The van der Waals surface area contributed by atoms with Crippen LogP contribution in [0.3, 0.4) is 0 Å². The van der Waals surface area contributed by atoms with E-state index in [2.05, 4.69) is 20.7 Å². The van der Waals surface area contributed by atoms with Gasteiger partial charge in [-0.3, -0.25) is 19.2 Å². The molecule has 12 nitrogen and oxygen atoms in total. The number of carbonyl (C=O) groups is 4. The minimum absolute atomic E-state index is 0.0458. The zero-order chi connectivity index (χ0) is 38.3. The predicted octanol–water partition coefficient (Wildman–Crippen LogP) is 6.00. The molecule has 0 atom stereocenters. The number of rotatable bonds is 12. The van der Waals surface area contributed by atoms with Crippen molar-refractivity contribution in [2.24, 2.45) is 0 Å². The van der Waals surface area contributed by atoms with Crippen molar-refractivity contribution >= 4 is 29.4 Å². The van der Waals surface area contributed by atoms with Gasteiger partial charge in [0.25, 0.3) is 11.8 Å². The van der Waals surface area contributed by atoms with Gasteiger partial charge in [-0.05, 0) is 89.3 Å². The lowest BCUT2D eigenvalue weighted by Crippen LogP contribution is -2.27. The van der Waals surface area contributed by atoms with Gasteiger partial charge < -0.3 is 19.9 Å². The number of aryl methyl sites for hydroxylation is 1. The van der Waals surface area contributed by atoms with E-state index < -0.39 is 23.6 Å². The van der Waals surface area contributed by atoms with Crippen molar-refractivity contribution in [3.05, 3.63) is 113 Å². The van der Waals surface area contributed by atoms with Crippen LogP contribution in [0.15, 0.2) is 91.0 Å². The van der Waals surface area contributed by atoms with Crippen molar-refractivity contribution in [1.29, 1.82) is 0 Å². The monoisotopic (exact) mass is 727 g/mol. The van der Waals surface area contributed by atoms with Crippen LogP contribution in [0.4, 0.5) is 18.9 Å². The Hall–Kier alpha value is -6.38. The molecule has 0 aliphatic carbocycles. The molecule has 5 aromatic rings. The maximum Gasteiger partial charge on any atom is 0.416 e. The van der Waals surface area contributed by atoms with Crippen molar-refractivity contribution in [2.75, 3.05) is 33.5 Å². The van der Waals surface area contributed by atoms with Gasteiger partial charge in [0.05, 0.1) is 16.8 Å². The first-order valence-electron chi connectivity index (χ1n) is 16.4. The van der Waals surface area contributed by atoms with Crippen LogP contribution >= 0.6 is 0 Å². The first kappa shape index (κ1) is 37.9. The number of nitrogens with zero attached hydrogens (tertiary/aromatic N) is 6. The highest BCUT2D eigenvalue weighted by atomic mass is 19.4. The van der Waals surface area contributed by atoms with Gasteiger partial charge in [0.1, 0.15) is 12.3 Å². The topological polar surface area (TPSA) is 140 Å². The fraction of sp³-hybridized carbons (Fsp3) is 0.237. The number of esters is 1. The minimum Gasteiger partial charge on any atom is -0.427 e. The molecule has 5 rings (SSSR count). The molecular weight excluding hydrogens is 691 g/mol. The van der Waals surface area contributed by atoms with Crippen molar-refractivity contribution in [1.82, 2.24) is 30.0 Å². The fourth-order valence-corrected chi connectivity index (χ4v) is 5.21. The Labute approximate surface area is 303 Å². The highest BCUT2D eigenvalue weighted by molar-refractivity contribution is 6.11. The Balaban J connectivity index is 1.20. The lowest BCUT2D eigenvalue weighted by Gasteiger charge is -2.17. The highest BCUT2D eigenvalue weighted by Gasteiger charge is 2.30. The molecule has 53 heavy (non-hydrogen) atoms. The van der Waals surface area contributed by atoms with Gasteiger partial charge in [0, 0.05) is 45.7 Å². The second-order valence-corrected chi connectivity index (χ2v) is 12.4. The zero-order valence-electron chi connectivity index (χ0n) is 29.3. The summed E-state index contributed by atoms with van der Waals surface area (Å²) < 4.78 is 44.8. The predicted molar refractivity (Wildman–Crippen MR) is 190 cm³/mol. The second kappa shape index (κ2) is 16.3. The van der Waals surface area contributed by atoms with Gasteiger partial charge >= 0.3 is 12.1 Å². The van der Waals surface area contributed by atoms with Crippen molar-refractivity contribution in [3.63, 3.8) is 0 Å². The molecule has 3 amide bonds. The number of tetrazole rings is 1. The quantitative estimate of drug-likeness (QED) is 0.122. The number of halogens is 3. The normalized spacial score (nSPS) is 11.2. The zero-order valence-corrected chi connectivity index (χ0v) is 29.3. The van der Waals surface area contributed by atoms with Gasteiger partial charge in [0.15, 0.2) is 0 Å². The number of anilines is 1. The number of carbonyl (C=O) groups excluding carboxylic acids is 4. The Morgan fingerprint density at radius 1 is 0.811 bits per heavy atom. The number of amides is 3. The van der Waals surface area contributed by atoms with E-state index in [4.69, 9.17) is 4.74 Å². The number of hydrogen-bond donors (Lipinski definition) is 1. The third-order valence-electron chi connectivity index (χ3n) is 8.08. The van der Waals surface area contributed by atoms with Gasteiger partial charge in [0.2, 0.25) is 11.7 Å². The summed E-state index contributed by atoms with van der Waals surface area (Å²) in [6.45, 7) is -0.0458. The molecule has 274 valence electrons. The summed E-state index contributed by atoms with van der Waals surface area (Å²) in [7, 11) is 6.43. The molecular formula is C38H36F3N7O5. The average molecular weight is 728 g/mol. The molecule has 4 aromatic carbocycles. The number of aromatic nitrogens is 4. The highest BCUT2D eigenvalue weighted by Crippen LogP contribution is 2.32. The molecule has 0 saturated carbocycles. The summed E-state index contributed by atoms with van der Waals surface area (Å²) >= 11 is 0. The van der Waals surface area contributed by atoms with Crippen LogP contribution in [0.1, 0.15) is 44.7 Å². The summed E-state index contributed by atoms with van der Waals surface area (Å²) in [4.78, 5) is 55.2. The van der Waals surface area contributed by atoms with Crippen LogP contribution in [-0.4, -0.2) is 81.9 Å². The molecule has 0 radical (unpaired) electrons. The summed E-state index contributed by atoms with van der Waals surface area (Å²) in [5, 5.41) is 14.9. The van der Waals surface area contributed by atoms with Crippen molar-refractivity contribution in [2.45, 2.75) is 32.0 Å².